The maximum atomic E-state index is 11.9. The molecule has 0 unspecified atom stereocenters. The quantitative estimate of drug-likeness (QED) is 0.679. The van der Waals surface area contributed by atoms with Gasteiger partial charge in [-0.2, -0.15) is 0 Å². The van der Waals surface area contributed by atoms with Crippen molar-refractivity contribution in [1.29, 1.82) is 0 Å². The molecule has 0 aliphatic carbocycles. The minimum absolute atomic E-state index is 0.164. The fourth-order valence-corrected chi connectivity index (χ4v) is 1.94. The van der Waals surface area contributed by atoms with Gasteiger partial charge in [-0.1, -0.05) is 13.8 Å². The number of hydrogen-bond acceptors (Lipinski definition) is 6. The van der Waals surface area contributed by atoms with E-state index in [4.69, 9.17) is 9.47 Å². The molecule has 7 nitrogen and oxygen atoms in total. The Bertz CT molecular complexity index is 657. The van der Waals surface area contributed by atoms with Crippen LogP contribution in [-0.2, 0) is 0 Å². The van der Waals surface area contributed by atoms with Gasteiger partial charge < -0.3 is 20.1 Å². The molecule has 25 heavy (non-hydrogen) atoms. The SMILES string of the molecule is COc1ccc(OCCNc2ncc(C(=O)NCC(C)C)cn2)cc1. The van der Waals surface area contributed by atoms with E-state index in [2.05, 4.69) is 20.6 Å². The van der Waals surface area contributed by atoms with Crippen molar-refractivity contribution < 1.29 is 14.3 Å². The molecule has 0 aliphatic rings. The Balaban J connectivity index is 1.72. The van der Waals surface area contributed by atoms with Crippen molar-refractivity contribution in [3.63, 3.8) is 0 Å². The second-order valence-corrected chi connectivity index (χ2v) is 5.85. The van der Waals surface area contributed by atoms with E-state index in [-0.39, 0.29) is 5.91 Å². The van der Waals surface area contributed by atoms with Crippen LogP contribution in [0.3, 0.4) is 0 Å². The van der Waals surface area contributed by atoms with E-state index >= 15 is 0 Å². The first-order valence-corrected chi connectivity index (χ1v) is 8.19. The molecule has 1 amide bonds. The summed E-state index contributed by atoms with van der Waals surface area (Å²) in [5.41, 5.74) is 0.445. The molecule has 0 saturated carbocycles. The highest BCUT2D eigenvalue weighted by atomic mass is 16.5. The highest BCUT2D eigenvalue weighted by molar-refractivity contribution is 5.93. The van der Waals surface area contributed by atoms with E-state index in [1.165, 1.54) is 12.4 Å². The molecule has 0 bridgehead atoms. The smallest absolute Gasteiger partial charge is 0.254 e. The van der Waals surface area contributed by atoms with Crippen LogP contribution in [0.5, 0.6) is 11.5 Å². The van der Waals surface area contributed by atoms with E-state index < -0.39 is 0 Å². The number of carbonyl (C=O) groups is 1. The largest absolute Gasteiger partial charge is 0.497 e. The Morgan fingerprint density at radius 1 is 1.12 bits per heavy atom. The highest BCUT2D eigenvalue weighted by Crippen LogP contribution is 2.16. The third-order valence-electron chi connectivity index (χ3n) is 3.30. The average Bonchev–Trinajstić information content (AvgIpc) is 2.64. The molecule has 0 atom stereocenters. The van der Waals surface area contributed by atoms with Crippen molar-refractivity contribution in [3.8, 4) is 11.5 Å². The Hall–Kier alpha value is -2.83. The lowest BCUT2D eigenvalue weighted by molar-refractivity contribution is 0.0948. The zero-order valence-corrected chi connectivity index (χ0v) is 14.8. The second kappa shape index (κ2) is 9.46. The molecule has 0 spiro atoms. The summed E-state index contributed by atoms with van der Waals surface area (Å²) in [6.07, 6.45) is 3.02. The first-order chi connectivity index (χ1) is 12.1. The lowest BCUT2D eigenvalue weighted by Gasteiger charge is -2.09. The van der Waals surface area contributed by atoms with Gasteiger partial charge in [-0.15, -0.1) is 0 Å². The van der Waals surface area contributed by atoms with E-state index in [9.17, 15) is 4.79 Å². The van der Waals surface area contributed by atoms with E-state index in [1.807, 2.05) is 38.1 Å². The number of benzene rings is 1. The van der Waals surface area contributed by atoms with Crippen LogP contribution in [0.1, 0.15) is 24.2 Å². The van der Waals surface area contributed by atoms with Crippen LogP contribution >= 0.6 is 0 Å². The summed E-state index contributed by atoms with van der Waals surface area (Å²) < 4.78 is 10.7. The van der Waals surface area contributed by atoms with Crippen LogP contribution < -0.4 is 20.1 Å². The fraction of sp³-hybridized carbons (Fsp3) is 0.389. The molecule has 0 aliphatic heterocycles. The van der Waals surface area contributed by atoms with Gasteiger partial charge in [0, 0.05) is 18.9 Å². The van der Waals surface area contributed by atoms with Crippen LogP contribution in [0, 0.1) is 5.92 Å². The third kappa shape index (κ3) is 6.29. The molecule has 0 saturated heterocycles. The van der Waals surface area contributed by atoms with Gasteiger partial charge in [-0.25, -0.2) is 9.97 Å². The number of amides is 1. The number of aromatic nitrogens is 2. The standard InChI is InChI=1S/C18H24N4O3/c1-13(2)10-20-17(23)14-11-21-18(22-12-14)19-8-9-25-16-6-4-15(24-3)5-7-16/h4-7,11-13H,8-10H2,1-3H3,(H,20,23)(H,19,21,22). The Morgan fingerprint density at radius 2 is 1.76 bits per heavy atom. The van der Waals surface area contributed by atoms with E-state index in [1.54, 1.807) is 7.11 Å². The molecule has 1 aromatic carbocycles. The van der Waals surface area contributed by atoms with Crippen molar-refractivity contribution in [2.45, 2.75) is 13.8 Å². The van der Waals surface area contributed by atoms with Gasteiger partial charge >= 0.3 is 0 Å². The summed E-state index contributed by atoms with van der Waals surface area (Å²) in [5, 5.41) is 5.88. The summed E-state index contributed by atoms with van der Waals surface area (Å²) in [7, 11) is 1.62. The van der Waals surface area contributed by atoms with Gasteiger partial charge in [0.2, 0.25) is 5.95 Å². The number of rotatable bonds is 9. The molecule has 7 heteroatoms. The third-order valence-corrected chi connectivity index (χ3v) is 3.30. The normalized spacial score (nSPS) is 10.4. The van der Waals surface area contributed by atoms with Crippen molar-refractivity contribution in [2.75, 3.05) is 32.1 Å². The summed E-state index contributed by atoms with van der Waals surface area (Å²) >= 11 is 0. The number of methoxy groups -OCH3 is 1. The minimum atomic E-state index is -0.164. The lowest BCUT2D eigenvalue weighted by atomic mass is 10.2. The van der Waals surface area contributed by atoms with Gasteiger partial charge in [-0.05, 0) is 30.2 Å². The van der Waals surface area contributed by atoms with Gasteiger partial charge in [0.05, 0.1) is 19.2 Å². The number of hydrogen-bond donors (Lipinski definition) is 2. The summed E-state index contributed by atoms with van der Waals surface area (Å²) in [6, 6.07) is 7.38. The molecule has 1 heterocycles. The Morgan fingerprint density at radius 3 is 2.36 bits per heavy atom. The fourth-order valence-electron chi connectivity index (χ4n) is 1.94. The van der Waals surface area contributed by atoms with Gasteiger partial charge in [0.1, 0.15) is 18.1 Å². The second-order valence-electron chi connectivity index (χ2n) is 5.85. The number of nitrogens with zero attached hydrogens (tertiary/aromatic N) is 2. The Kier molecular flexibility index (Phi) is 7.00. The van der Waals surface area contributed by atoms with E-state index in [0.29, 0.717) is 37.1 Å². The average molecular weight is 344 g/mol. The molecule has 2 rings (SSSR count). The number of ether oxygens (including phenoxy) is 2. The van der Waals surface area contributed by atoms with Gasteiger partial charge in [0.25, 0.3) is 5.91 Å². The Labute approximate surface area is 147 Å². The van der Waals surface area contributed by atoms with Gasteiger partial charge in [0.15, 0.2) is 0 Å². The first kappa shape index (κ1) is 18.5. The number of carbonyl (C=O) groups excluding carboxylic acids is 1. The predicted molar refractivity (Wildman–Crippen MR) is 96.2 cm³/mol. The molecule has 2 aromatic rings. The first-order valence-electron chi connectivity index (χ1n) is 8.19. The molecule has 1 aromatic heterocycles. The van der Waals surface area contributed by atoms with Crippen LogP contribution in [0.4, 0.5) is 5.95 Å². The zero-order chi connectivity index (χ0) is 18.1. The summed E-state index contributed by atoms with van der Waals surface area (Å²) in [4.78, 5) is 20.2. The van der Waals surface area contributed by atoms with Crippen LogP contribution in [0.25, 0.3) is 0 Å². The number of nitrogens with one attached hydrogen (secondary N) is 2. The maximum absolute atomic E-state index is 11.9. The molecular weight excluding hydrogens is 320 g/mol. The molecule has 0 fully saturated rings. The molecular formula is C18H24N4O3. The molecule has 2 N–H and O–H groups in total. The maximum Gasteiger partial charge on any atom is 0.254 e. The summed E-state index contributed by atoms with van der Waals surface area (Å²) in [6.45, 7) is 5.72. The topological polar surface area (TPSA) is 85.4 Å². The lowest BCUT2D eigenvalue weighted by Crippen LogP contribution is -2.27. The summed E-state index contributed by atoms with van der Waals surface area (Å²) in [5.74, 6) is 2.25. The highest BCUT2D eigenvalue weighted by Gasteiger charge is 2.07. The van der Waals surface area contributed by atoms with E-state index in [0.717, 1.165) is 11.5 Å². The number of anilines is 1. The van der Waals surface area contributed by atoms with Crippen molar-refractivity contribution in [2.24, 2.45) is 5.92 Å². The van der Waals surface area contributed by atoms with Crippen LogP contribution in [0.2, 0.25) is 0 Å². The van der Waals surface area contributed by atoms with Crippen molar-refractivity contribution >= 4 is 11.9 Å². The molecule has 134 valence electrons. The van der Waals surface area contributed by atoms with Gasteiger partial charge in [-0.3, -0.25) is 4.79 Å². The molecule has 0 radical (unpaired) electrons. The van der Waals surface area contributed by atoms with Crippen molar-refractivity contribution in [1.82, 2.24) is 15.3 Å². The van der Waals surface area contributed by atoms with Crippen molar-refractivity contribution in [3.05, 3.63) is 42.2 Å². The minimum Gasteiger partial charge on any atom is -0.497 e. The predicted octanol–water partition coefficient (Wildman–Crippen LogP) is 2.36. The zero-order valence-electron chi connectivity index (χ0n) is 14.8. The van der Waals surface area contributed by atoms with Crippen LogP contribution in [0.15, 0.2) is 36.7 Å². The van der Waals surface area contributed by atoms with Crippen LogP contribution in [-0.4, -0.2) is 42.7 Å². The monoisotopic (exact) mass is 344 g/mol.